The van der Waals surface area contributed by atoms with E-state index in [-0.39, 0.29) is 0 Å². The predicted octanol–water partition coefficient (Wildman–Crippen LogP) is 4.36. The van der Waals surface area contributed by atoms with Crippen molar-refractivity contribution in [3.05, 3.63) is 101 Å². The molecule has 0 spiro atoms. The van der Waals surface area contributed by atoms with Crippen molar-refractivity contribution in [1.82, 2.24) is 9.13 Å². The predicted molar refractivity (Wildman–Crippen MR) is 108 cm³/mol. The van der Waals surface area contributed by atoms with Crippen molar-refractivity contribution in [3.63, 3.8) is 0 Å². The second kappa shape index (κ2) is 7.43. The number of nitrogens with one attached hydrogen (secondary N) is 1. The highest BCUT2D eigenvalue weighted by atomic mass is 35.5. The molecule has 136 valence electrons. The van der Waals surface area contributed by atoms with Gasteiger partial charge in [-0.2, -0.15) is 0 Å². The molecule has 1 heterocycles. The van der Waals surface area contributed by atoms with Crippen molar-refractivity contribution in [2.24, 2.45) is 0 Å². The van der Waals surface area contributed by atoms with Crippen LogP contribution in [0.4, 0.5) is 0 Å². The van der Waals surface area contributed by atoms with E-state index in [0.717, 1.165) is 22.2 Å². The molecule has 4 nitrogen and oxygen atoms in total. The van der Waals surface area contributed by atoms with Crippen molar-refractivity contribution in [2.45, 2.75) is 19.2 Å². The van der Waals surface area contributed by atoms with Gasteiger partial charge in [0.2, 0.25) is 5.62 Å². The van der Waals surface area contributed by atoms with E-state index in [1.807, 2.05) is 63.7 Å². The van der Waals surface area contributed by atoms with Crippen LogP contribution in [0.1, 0.15) is 17.2 Å². The summed E-state index contributed by atoms with van der Waals surface area (Å²) in [5, 5.41) is 20.0. The van der Waals surface area contributed by atoms with Crippen LogP contribution in [-0.4, -0.2) is 14.2 Å². The average Bonchev–Trinajstić information content (AvgIpc) is 2.95. The molecular formula is C22H20ClN3O. The molecule has 0 unspecified atom stereocenters. The number of aromatic nitrogens is 2. The number of hydrogen-bond acceptors (Lipinski definition) is 2. The van der Waals surface area contributed by atoms with Crippen LogP contribution in [0.25, 0.3) is 11.0 Å². The van der Waals surface area contributed by atoms with E-state index in [4.69, 9.17) is 17.0 Å². The largest absolute Gasteiger partial charge is 0.387 e. The Morgan fingerprint density at radius 3 is 2.07 bits per heavy atom. The lowest BCUT2D eigenvalue weighted by atomic mass is 10.1. The third-order valence-corrected chi connectivity index (χ3v) is 5.02. The lowest BCUT2D eigenvalue weighted by Gasteiger charge is -2.13. The highest BCUT2D eigenvalue weighted by Gasteiger charge is 2.15. The zero-order chi connectivity index (χ0) is 18.8. The molecule has 0 amide bonds. The molecule has 4 aromatic rings. The molecule has 0 radical (unpaired) electrons. The first-order chi connectivity index (χ1) is 13.1. The minimum Gasteiger partial charge on any atom is -0.387 e. The summed E-state index contributed by atoms with van der Waals surface area (Å²) in [6.45, 7) is 0.924. The number of nitrogens with zero attached hydrogens (tertiary/aromatic N) is 2. The lowest BCUT2D eigenvalue weighted by Crippen LogP contribution is -2.27. The molecule has 1 atom stereocenters. The van der Waals surface area contributed by atoms with Crippen molar-refractivity contribution in [2.75, 3.05) is 0 Å². The number of aliphatic hydroxyl groups is 1. The second-order valence-corrected chi connectivity index (χ2v) is 7.00. The van der Waals surface area contributed by atoms with Gasteiger partial charge in [-0.25, -0.2) is 0 Å². The van der Waals surface area contributed by atoms with Gasteiger partial charge in [-0.3, -0.25) is 5.41 Å². The number of rotatable bonds is 5. The molecule has 0 aliphatic rings. The summed E-state index contributed by atoms with van der Waals surface area (Å²) in [5.41, 5.74) is 4.21. The van der Waals surface area contributed by atoms with Gasteiger partial charge in [0.15, 0.2) is 0 Å². The Balaban J connectivity index is 1.73. The highest BCUT2D eigenvalue weighted by molar-refractivity contribution is 6.30. The van der Waals surface area contributed by atoms with Crippen LogP contribution in [-0.2, 0) is 13.1 Å². The lowest BCUT2D eigenvalue weighted by molar-refractivity contribution is 0.155. The number of fused-ring (bicyclic) bond motifs is 1. The quantitative estimate of drug-likeness (QED) is 0.533. The average molecular weight is 378 g/mol. The van der Waals surface area contributed by atoms with E-state index in [1.165, 1.54) is 0 Å². The van der Waals surface area contributed by atoms with Gasteiger partial charge in [-0.15, -0.1) is 0 Å². The first-order valence-corrected chi connectivity index (χ1v) is 9.21. The van der Waals surface area contributed by atoms with Crippen LogP contribution in [0.15, 0.2) is 78.9 Å². The molecule has 5 heteroatoms. The molecule has 27 heavy (non-hydrogen) atoms. The van der Waals surface area contributed by atoms with Crippen molar-refractivity contribution in [1.29, 1.82) is 5.41 Å². The van der Waals surface area contributed by atoms with Crippen molar-refractivity contribution < 1.29 is 5.11 Å². The molecule has 4 rings (SSSR count). The monoisotopic (exact) mass is 377 g/mol. The standard InChI is InChI=1S/C22H20ClN3O/c23-18-12-10-17(11-13-18)21(27)15-26-20-9-5-4-8-19(20)25(22(26)24)14-16-6-2-1-3-7-16/h1-13,21,24,27H,14-15H2/t21-/m1/s1. The van der Waals surface area contributed by atoms with Crippen LogP contribution < -0.4 is 5.62 Å². The normalized spacial score (nSPS) is 12.4. The summed E-state index contributed by atoms with van der Waals surface area (Å²) in [6.07, 6.45) is -0.715. The summed E-state index contributed by atoms with van der Waals surface area (Å²) in [4.78, 5) is 0. The van der Waals surface area contributed by atoms with Crippen LogP contribution in [0.5, 0.6) is 0 Å². The zero-order valence-corrected chi connectivity index (χ0v) is 15.5. The van der Waals surface area contributed by atoms with E-state index in [0.29, 0.717) is 23.7 Å². The van der Waals surface area contributed by atoms with Crippen molar-refractivity contribution >= 4 is 22.6 Å². The number of aliphatic hydroxyl groups excluding tert-OH is 1. The van der Waals surface area contributed by atoms with E-state index in [1.54, 1.807) is 12.1 Å². The minimum absolute atomic E-state index is 0.308. The zero-order valence-electron chi connectivity index (χ0n) is 14.7. The number of para-hydroxylation sites is 2. The molecule has 0 saturated heterocycles. The van der Waals surface area contributed by atoms with Gasteiger partial charge >= 0.3 is 0 Å². The second-order valence-electron chi connectivity index (χ2n) is 6.56. The maximum atomic E-state index is 10.7. The maximum Gasteiger partial charge on any atom is 0.203 e. The highest BCUT2D eigenvalue weighted by Crippen LogP contribution is 2.21. The topological polar surface area (TPSA) is 53.9 Å². The summed E-state index contributed by atoms with van der Waals surface area (Å²) < 4.78 is 3.83. The smallest absolute Gasteiger partial charge is 0.203 e. The molecule has 0 aliphatic carbocycles. The van der Waals surface area contributed by atoms with Gasteiger partial charge in [-0.05, 0) is 35.4 Å². The van der Waals surface area contributed by atoms with E-state index in [2.05, 4.69) is 12.1 Å². The van der Waals surface area contributed by atoms with Crippen LogP contribution in [0.3, 0.4) is 0 Å². The fourth-order valence-electron chi connectivity index (χ4n) is 3.37. The fraction of sp³-hybridized carbons (Fsp3) is 0.136. The Kier molecular flexibility index (Phi) is 4.84. The number of hydrogen-bond donors (Lipinski definition) is 2. The Labute approximate surface area is 162 Å². The SMILES string of the molecule is N=c1n(Cc2ccccc2)c2ccccc2n1C[C@@H](O)c1ccc(Cl)cc1. The first-order valence-electron chi connectivity index (χ1n) is 8.83. The van der Waals surface area contributed by atoms with Gasteiger partial charge in [0.05, 0.1) is 30.2 Å². The summed E-state index contributed by atoms with van der Waals surface area (Å²) >= 11 is 5.94. The van der Waals surface area contributed by atoms with Gasteiger partial charge in [-0.1, -0.05) is 66.2 Å². The first kappa shape index (κ1) is 17.6. The molecule has 2 N–H and O–H groups in total. The number of halogens is 1. The molecule has 1 aromatic heterocycles. The van der Waals surface area contributed by atoms with Gasteiger partial charge < -0.3 is 14.2 Å². The number of imidazole rings is 1. The molecule has 0 aliphatic heterocycles. The molecule has 0 bridgehead atoms. The minimum atomic E-state index is -0.715. The van der Waals surface area contributed by atoms with Gasteiger partial charge in [0.1, 0.15) is 0 Å². The fourth-order valence-corrected chi connectivity index (χ4v) is 3.49. The molecule has 0 saturated carbocycles. The van der Waals surface area contributed by atoms with Gasteiger partial charge in [0.25, 0.3) is 0 Å². The van der Waals surface area contributed by atoms with E-state index >= 15 is 0 Å². The maximum absolute atomic E-state index is 10.7. The number of benzene rings is 3. The van der Waals surface area contributed by atoms with Gasteiger partial charge in [0, 0.05) is 5.02 Å². The summed E-state index contributed by atoms with van der Waals surface area (Å²) in [5.74, 6) is 0. The van der Waals surface area contributed by atoms with Crippen LogP contribution >= 0.6 is 11.6 Å². The summed E-state index contributed by atoms with van der Waals surface area (Å²) in [7, 11) is 0. The van der Waals surface area contributed by atoms with E-state index in [9.17, 15) is 5.11 Å². The van der Waals surface area contributed by atoms with Crippen molar-refractivity contribution in [3.8, 4) is 0 Å². The third-order valence-electron chi connectivity index (χ3n) is 4.77. The molecule has 3 aromatic carbocycles. The molecule has 0 fully saturated rings. The summed E-state index contributed by atoms with van der Waals surface area (Å²) in [6, 6.07) is 25.2. The van der Waals surface area contributed by atoms with Crippen LogP contribution in [0, 0.1) is 5.41 Å². The Hall–Kier alpha value is -2.82. The molecular weight excluding hydrogens is 358 g/mol. The third kappa shape index (κ3) is 3.54. The Morgan fingerprint density at radius 1 is 0.815 bits per heavy atom. The Morgan fingerprint density at radius 2 is 1.41 bits per heavy atom. The van der Waals surface area contributed by atoms with Crippen LogP contribution in [0.2, 0.25) is 5.02 Å². The Bertz CT molecular complexity index is 1110. The van der Waals surface area contributed by atoms with E-state index < -0.39 is 6.10 Å².